The smallest absolute Gasteiger partial charge is 0.200 e. The largest absolute Gasteiger partial charge is 0.497 e. The van der Waals surface area contributed by atoms with Crippen LogP contribution in [0.25, 0.3) is 22.1 Å². The van der Waals surface area contributed by atoms with Gasteiger partial charge in [-0.3, -0.25) is 4.79 Å². The normalized spacial score (nSPS) is 11.1. The highest BCUT2D eigenvalue weighted by Gasteiger charge is 2.26. The number of methoxy groups -OCH3 is 1. The van der Waals surface area contributed by atoms with Crippen molar-refractivity contribution in [3.8, 4) is 22.6 Å². The van der Waals surface area contributed by atoms with Gasteiger partial charge in [0, 0.05) is 6.07 Å². The molecule has 32 heavy (non-hydrogen) atoms. The Labute approximate surface area is 177 Å². The molecule has 3 aromatic carbocycles. The molecule has 1 aromatic heterocycles. The van der Waals surface area contributed by atoms with E-state index >= 15 is 0 Å². The van der Waals surface area contributed by atoms with Crippen LogP contribution in [0.1, 0.15) is 5.56 Å². The fourth-order valence-corrected chi connectivity index (χ4v) is 3.10. The van der Waals surface area contributed by atoms with E-state index in [9.17, 15) is 26.7 Å². The van der Waals surface area contributed by atoms with E-state index in [0.29, 0.717) is 16.9 Å². The minimum atomic E-state index is -2.25. The van der Waals surface area contributed by atoms with Crippen molar-refractivity contribution in [2.24, 2.45) is 0 Å². The number of halogens is 5. The number of ether oxygens (including phenoxy) is 2. The van der Waals surface area contributed by atoms with Crippen LogP contribution in [0.5, 0.6) is 11.5 Å². The van der Waals surface area contributed by atoms with E-state index in [-0.39, 0.29) is 22.1 Å². The van der Waals surface area contributed by atoms with Gasteiger partial charge in [-0.15, -0.1) is 0 Å². The van der Waals surface area contributed by atoms with Crippen LogP contribution < -0.4 is 14.9 Å². The van der Waals surface area contributed by atoms with Gasteiger partial charge in [0.15, 0.2) is 28.7 Å². The number of fused-ring (bicyclic) bond motifs is 1. The Kier molecular flexibility index (Phi) is 5.56. The molecule has 0 unspecified atom stereocenters. The predicted octanol–water partition coefficient (Wildman–Crippen LogP) is 5.74. The van der Waals surface area contributed by atoms with Crippen LogP contribution in [0.4, 0.5) is 22.0 Å². The number of hydrogen-bond acceptors (Lipinski definition) is 4. The van der Waals surface area contributed by atoms with Crippen LogP contribution >= 0.6 is 0 Å². The van der Waals surface area contributed by atoms with E-state index in [2.05, 4.69) is 0 Å². The third-order valence-corrected chi connectivity index (χ3v) is 4.83. The molecule has 0 aliphatic carbocycles. The highest BCUT2D eigenvalue weighted by molar-refractivity contribution is 5.82. The number of benzene rings is 3. The summed E-state index contributed by atoms with van der Waals surface area (Å²) in [6.07, 6.45) is 1.25. The topological polar surface area (TPSA) is 48.7 Å². The molecule has 0 spiro atoms. The van der Waals surface area contributed by atoms with Gasteiger partial charge in [-0.05, 0) is 29.8 Å². The molecular weight excluding hydrogens is 435 g/mol. The highest BCUT2D eigenvalue weighted by Crippen LogP contribution is 2.27. The van der Waals surface area contributed by atoms with E-state index in [1.165, 1.54) is 31.6 Å². The molecule has 0 amide bonds. The zero-order chi connectivity index (χ0) is 23.0. The molecule has 0 N–H and O–H groups in total. The summed E-state index contributed by atoms with van der Waals surface area (Å²) in [7, 11) is 1.52. The van der Waals surface area contributed by atoms with Crippen LogP contribution in [0, 0.1) is 29.1 Å². The summed E-state index contributed by atoms with van der Waals surface area (Å²) in [5.41, 5.74) is -0.425. The minimum Gasteiger partial charge on any atom is -0.497 e. The second kappa shape index (κ2) is 8.33. The maximum absolute atomic E-state index is 13.8. The molecule has 0 saturated carbocycles. The Balaban J connectivity index is 1.63. The van der Waals surface area contributed by atoms with Crippen molar-refractivity contribution >= 4 is 11.0 Å². The maximum atomic E-state index is 13.8. The molecule has 0 radical (unpaired) electrons. The highest BCUT2D eigenvalue weighted by atomic mass is 19.2. The Morgan fingerprint density at radius 2 is 1.41 bits per heavy atom. The van der Waals surface area contributed by atoms with E-state index in [1.54, 1.807) is 24.3 Å². The third-order valence-electron chi connectivity index (χ3n) is 4.83. The number of rotatable bonds is 5. The molecule has 0 saturated heterocycles. The molecule has 4 nitrogen and oxygen atoms in total. The Bertz CT molecular complexity index is 1350. The predicted molar refractivity (Wildman–Crippen MR) is 105 cm³/mol. The lowest BCUT2D eigenvalue weighted by molar-refractivity contribution is 0.279. The van der Waals surface area contributed by atoms with Crippen molar-refractivity contribution in [2.45, 2.75) is 6.61 Å². The monoisotopic (exact) mass is 448 g/mol. The maximum Gasteiger partial charge on any atom is 0.200 e. The first kappa shape index (κ1) is 21.4. The summed E-state index contributed by atoms with van der Waals surface area (Å²) < 4.78 is 83.2. The first-order valence-electron chi connectivity index (χ1n) is 9.15. The summed E-state index contributed by atoms with van der Waals surface area (Å²) >= 11 is 0. The lowest BCUT2D eigenvalue weighted by Gasteiger charge is -2.11. The van der Waals surface area contributed by atoms with Gasteiger partial charge in [0.25, 0.3) is 0 Å². The van der Waals surface area contributed by atoms with E-state index < -0.39 is 41.3 Å². The van der Waals surface area contributed by atoms with Gasteiger partial charge in [0.1, 0.15) is 30.0 Å². The number of hydrogen-bond donors (Lipinski definition) is 0. The second-order valence-corrected chi connectivity index (χ2v) is 6.70. The SMILES string of the molecule is COc1ccc(-c2coc3cc(OCc4c(F)c(F)c(F)c(F)c4F)ccc3c2=O)cc1. The molecule has 0 aliphatic heterocycles. The molecule has 1 heterocycles. The van der Waals surface area contributed by atoms with Gasteiger partial charge in [-0.25, -0.2) is 22.0 Å². The van der Waals surface area contributed by atoms with Gasteiger partial charge in [0.2, 0.25) is 5.82 Å². The average molecular weight is 448 g/mol. The standard InChI is InChI=1S/C23H13F5O4/c1-30-12-4-2-11(3-5-12)15-9-32-17-8-13(6-7-14(17)23(15)29)31-10-16-18(24)20(26)22(28)21(27)19(16)25/h2-9H,10H2,1H3. The van der Waals surface area contributed by atoms with Crippen LogP contribution in [0.3, 0.4) is 0 Å². The first-order valence-corrected chi connectivity index (χ1v) is 9.15. The van der Waals surface area contributed by atoms with Crippen molar-refractivity contribution in [2.75, 3.05) is 7.11 Å². The first-order chi connectivity index (χ1) is 15.3. The van der Waals surface area contributed by atoms with Gasteiger partial charge < -0.3 is 13.9 Å². The molecule has 4 aromatic rings. The van der Waals surface area contributed by atoms with Gasteiger partial charge in [0.05, 0.1) is 23.6 Å². The van der Waals surface area contributed by atoms with Crippen molar-refractivity contribution < 1.29 is 35.8 Å². The second-order valence-electron chi connectivity index (χ2n) is 6.70. The zero-order valence-electron chi connectivity index (χ0n) is 16.3. The Hall–Kier alpha value is -3.88. The fraction of sp³-hybridized carbons (Fsp3) is 0.0870. The van der Waals surface area contributed by atoms with Crippen LogP contribution in [0.15, 0.2) is 57.9 Å². The van der Waals surface area contributed by atoms with Crippen molar-refractivity contribution in [1.82, 2.24) is 0 Å². The zero-order valence-corrected chi connectivity index (χ0v) is 16.3. The molecular formula is C23H13F5O4. The van der Waals surface area contributed by atoms with E-state index in [4.69, 9.17) is 13.9 Å². The summed E-state index contributed by atoms with van der Waals surface area (Å²) in [6, 6.07) is 10.7. The van der Waals surface area contributed by atoms with Crippen LogP contribution in [-0.2, 0) is 6.61 Å². The summed E-state index contributed by atoms with van der Waals surface area (Å²) in [5.74, 6) is -9.69. The lowest BCUT2D eigenvalue weighted by Crippen LogP contribution is -2.10. The molecule has 4 rings (SSSR count). The van der Waals surface area contributed by atoms with Crippen LogP contribution in [-0.4, -0.2) is 7.11 Å². The van der Waals surface area contributed by atoms with Crippen LogP contribution in [0.2, 0.25) is 0 Å². The van der Waals surface area contributed by atoms with Gasteiger partial charge in [-0.1, -0.05) is 12.1 Å². The molecule has 164 valence electrons. The molecule has 9 heteroatoms. The van der Waals surface area contributed by atoms with Crippen molar-refractivity contribution in [3.63, 3.8) is 0 Å². The average Bonchev–Trinajstić information content (AvgIpc) is 2.82. The molecule has 0 aliphatic rings. The molecule has 0 fully saturated rings. The van der Waals surface area contributed by atoms with E-state index in [1.807, 2.05) is 0 Å². The summed E-state index contributed by atoms with van der Waals surface area (Å²) in [6.45, 7) is -0.925. The fourth-order valence-electron chi connectivity index (χ4n) is 3.10. The van der Waals surface area contributed by atoms with Crippen molar-refractivity contribution in [3.05, 3.63) is 93.6 Å². The molecule has 0 bridgehead atoms. The quantitative estimate of drug-likeness (QED) is 0.222. The summed E-state index contributed by atoms with van der Waals surface area (Å²) in [4.78, 5) is 12.8. The van der Waals surface area contributed by atoms with Gasteiger partial charge in [-0.2, -0.15) is 0 Å². The summed E-state index contributed by atoms with van der Waals surface area (Å²) in [5, 5.41) is 0.210. The Morgan fingerprint density at radius 1 is 0.812 bits per heavy atom. The lowest BCUT2D eigenvalue weighted by atomic mass is 10.1. The molecule has 0 atom stereocenters. The van der Waals surface area contributed by atoms with E-state index in [0.717, 1.165) is 0 Å². The minimum absolute atomic E-state index is 0.00166. The van der Waals surface area contributed by atoms with Crippen molar-refractivity contribution in [1.29, 1.82) is 0 Å². The van der Waals surface area contributed by atoms with Gasteiger partial charge >= 0.3 is 0 Å². The third kappa shape index (κ3) is 3.66. The Morgan fingerprint density at radius 3 is 2.03 bits per heavy atom.